The first-order valence-electron chi connectivity index (χ1n) is 6.91. The first-order chi connectivity index (χ1) is 11.3. The number of carbonyl (C=O) groups excluding carboxylic acids is 1. The van der Waals surface area contributed by atoms with E-state index in [1.165, 1.54) is 18.2 Å². The number of amides is 1. The van der Waals surface area contributed by atoms with Crippen molar-refractivity contribution in [2.24, 2.45) is 0 Å². The number of halogens is 4. The van der Waals surface area contributed by atoms with Gasteiger partial charge < -0.3 is 5.32 Å². The summed E-state index contributed by atoms with van der Waals surface area (Å²) in [6, 6.07) is 8.24. The SMILES string of the molecule is C#Cc1cc(C(=O)Nc2ccc(CCl)c(C(F)(F)F)c2)ccc1C. The summed E-state index contributed by atoms with van der Waals surface area (Å²) >= 11 is 5.53. The molecule has 0 aliphatic carbocycles. The highest BCUT2D eigenvalue weighted by Gasteiger charge is 2.33. The molecule has 1 N–H and O–H groups in total. The molecular weight excluding hydrogens is 339 g/mol. The molecule has 0 bridgehead atoms. The predicted molar refractivity (Wildman–Crippen MR) is 88.1 cm³/mol. The number of anilines is 1. The zero-order valence-corrected chi connectivity index (χ0v) is 13.4. The lowest BCUT2D eigenvalue weighted by Crippen LogP contribution is -2.14. The quantitative estimate of drug-likeness (QED) is 0.613. The van der Waals surface area contributed by atoms with Crippen LogP contribution in [-0.4, -0.2) is 5.91 Å². The minimum absolute atomic E-state index is 0.0315. The van der Waals surface area contributed by atoms with Crippen molar-refractivity contribution in [3.05, 3.63) is 64.2 Å². The molecule has 0 saturated carbocycles. The van der Waals surface area contributed by atoms with Crippen LogP contribution in [0, 0.1) is 19.3 Å². The van der Waals surface area contributed by atoms with Gasteiger partial charge >= 0.3 is 6.18 Å². The van der Waals surface area contributed by atoms with E-state index in [9.17, 15) is 18.0 Å². The molecule has 0 aliphatic rings. The van der Waals surface area contributed by atoms with Gasteiger partial charge in [0, 0.05) is 22.7 Å². The van der Waals surface area contributed by atoms with Crippen LogP contribution < -0.4 is 5.32 Å². The van der Waals surface area contributed by atoms with Crippen molar-refractivity contribution < 1.29 is 18.0 Å². The normalized spacial score (nSPS) is 11.0. The zero-order chi connectivity index (χ0) is 17.9. The molecule has 2 aromatic rings. The first-order valence-corrected chi connectivity index (χ1v) is 7.44. The molecular formula is C18H13ClF3NO. The molecule has 124 valence electrons. The zero-order valence-electron chi connectivity index (χ0n) is 12.7. The van der Waals surface area contributed by atoms with Crippen LogP contribution in [-0.2, 0) is 12.1 Å². The van der Waals surface area contributed by atoms with E-state index < -0.39 is 17.6 Å². The Kier molecular flexibility index (Phi) is 5.20. The van der Waals surface area contributed by atoms with Crippen LogP contribution >= 0.6 is 11.6 Å². The van der Waals surface area contributed by atoms with Crippen molar-refractivity contribution in [1.29, 1.82) is 0 Å². The van der Waals surface area contributed by atoms with Gasteiger partial charge in [-0.1, -0.05) is 18.1 Å². The van der Waals surface area contributed by atoms with Crippen molar-refractivity contribution in [3.8, 4) is 12.3 Å². The first kappa shape index (κ1) is 17.9. The van der Waals surface area contributed by atoms with Gasteiger partial charge in [-0.05, 0) is 42.3 Å². The molecule has 2 aromatic carbocycles. The fourth-order valence-electron chi connectivity index (χ4n) is 2.16. The summed E-state index contributed by atoms with van der Waals surface area (Å²) in [6.07, 6.45) is 0.803. The Morgan fingerprint density at radius 2 is 1.96 bits per heavy atom. The van der Waals surface area contributed by atoms with Crippen molar-refractivity contribution in [3.63, 3.8) is 0 Å². The number of benzene rings is 2. The Morgan fingerprint density at radius 1 is 1.25 bits per heavy atom. The Morgan fingerprint density at radius 3 is 2.54 bits per heavy atom. The van der Waals surface area contributed by atoms with Crippen molar-refractivity contribution in [1.82, 2.24) is 0 Å². The minimum Gasteiger partial charge on any atom is -0.322 e. The molecule has 24 heavy (non-hydrogen) atoms. The van der Waals surface area contributed by atoms with E-state index in [1.54, 1.807) is 19.1 Å². The van der Waals surface area contributed by atoms with Gasteiger partial charge in [0.05, 0.1) is 5.56 Å². The number of hydrogen-bond donors (Lipinski definition) is 1. The second-order valence-electron chi connectivity index (χ2n) is 5.13. The smallest absolute Gasteiger partial charge is 0.322 e. The van der Waals surface area contributed by atoms with Crippen molar-refractivity contribution in [2.45, 2.75) is 19.0 Å². The Hall–Kier alpha value is -2.45. The lowest BCUT2D eigenvalue weighted by Gasteiger charge is -2.14. The Labute approximate surface area is 142 Å². The number of carbonyl (C=O) groups is 1. The molecule has 0 aliphatic heterocycles. The highest BCUT2D eigenvalue weighted by Crippen LogP contribution is 2.34. The summed E-state index contributed by atoms with van der Waals surface area (Å²) in [6.45, 7) is 1.80. The molecule has 0 fully saturated rings. The van der Waals surface area contributed by atoms with Crippen LogP contribution in [0.15, 0.2) is 36.4 Å². The maximum atomic E-state index is 13.0. The van der Waals surface area contributed by atoms with Crippen LogP contribution in [0.2, 0.25) is 0 Å². The second kappa shape index (κ2) is 6.98. The summed E-state index contributed by atoms with van der Waals surface area (Å²) in [5.74, 6) is 1.64. The molecule has 0 radical (unpaired) electrons. The molecule has 2 nitrogen and oxygen atoms in total. The molecule has 0 saturated heterocycles. The van der Waals surface area contributed by atoms with Crippen molar-refractivity contribution >= 4 is 23.2 Å². The lowest BCUT2D eigenvalue weighted by atomic mass is 10.0. The summed E-state index contributed by atoms with van der Waals surface area (Å²) in [5.41, 5.74) is 0.763. The van der Waals surface area contributed by atoms with E-state index in [4.69, 9.17) is 18.0 Å². The standard InChI is InChI=1S/C18H13ClF3NO/c1-3-12-8-13(5-4-11(12)2)17(24)23-15-7-6-14(10-19)16(9-15)18(20,21)22/h1,4-9H,10H2,2H3,(H,23,24). The summed E-state index contributed by atoms with van der Waals surface area (Å²) in [5, 5.41) is 2.44. The summed E-state index contributed by atoms with van der Waals surface area (Å²) in [7, 11) is 0. The van der Waals surface area contributed by atoms with Crippen LogP contribution in [0.4, 0.5) is 18.9 Å². The van der Waals surface area contributed by atoms with E-state index in [1.807, 2.05) is 0 Å². The largest absolute Gasteiger partial charge is 0.416 e. The number of aryl methyl sites for hydroxylation is 1. The van der Waals surface area contributed by atoms with E-state index in [2.05, 4.69) is 11.2 Å². The van der Waals surface area contributed by atoms with Gasteiger partial charge in [0.2, 0.25) is 0 Å². The Balaban J connectivity index is 2.31. The van der Waals surface area contributed by atoms with Gasteiger partial charge in [0.25, 0.3) is 5.91 Å². The summed E-state index contributed by atoms with van der Waals surface area (Å²) < 4.78 is 39.1. The van der Waals surface area contributed by atoms with Gasteiger partial charge in [-0.15, -0.1) is 18.0 Å². The molecule has 2 rings (SSSR count). The fraction of sp³-hybridized carbons (Fsp3) is 0.167. The maximum Gasteiger partial charge on any atom is 0.416 e. The van der Waals surface area contributed by atoms with Crippen LogP contribution in [0.5, 0.6) is 0 Å². The molecule has 0 aromatic heterocycles. The molecule has 0 heterocycles. The number of nitrogens with one attached hydrogen (secondary N) is 1. The fourth-order valence-corrected chi connectivity index (χ4v) is 2.39. The van der Waals surface area contributed by atoms with Gasteiger partial charge in [-0.2, -0.15) is 13.2 Å². The number of terminal acetylenes is 1. The number of rotatable bonds is 3. The third-order valence-corrected chi connectivity index (χ3v) is 3.76. The van der Waals surface area contributed by atoms with Gasteiger partial charge in [-0.25, -0.2) is 0 Å². The number of alkyl halides is 4. The molecule has 0 atom stereocenters. The molecule has 0 unspecified atom stereocenters. The third-order valence-electron chi connectivity index (χ3n) is 3.47. The molecule has 6 heteroatoms. The van der Waals surface area contributed by atoms with Crippen molar-refractivity contribution in [2.75, 3.05) is 5.32 Å². The van der Waals surface area contributed by atoms with Gasteiger partial charge in [0.1, 0.15) is 0 Å². The van der Waals surface area contributed by atoms with E-state index >= 15 is 0 Å². The van der Waals surface area contributed by atoms with Crippen LogP contribution in [0.3, 0.4) is 0 Å². The minimum atomic E-state index is -4.55. The topological polar surface area (TPSA) is 29.1 Å². The predicted octanol–water partition coefficient (Wildman–Crippen LogP) is 4.99. The lowest BCUT2D eigenvalue weighted by molar-refractivity contribution is -0.138. The monoisotopic (exact) mass is 351 g/mol. The van der Waals surface area contributed by atoms with E-state index in [0.29, 0.717) is 5.56 Å². The maximum absolute atomic E-state index is 13.0. The van der Waals surface area contributed by atoms with Gasteiger partial charge in [0.15, 0.2) is 0 Å². The molecule has 0 spiro atoms. The highest BCUT2D eigenvalue weighted by atomic mass is 35.5. The second-order valence-corrected chi connectivity index (χ2v) is 5.40. The third kappa shape index (κ3) is 3.90. The average Bonchev–Trinajstić information content (AvgIpc) is 2.54. The van der Waals surface area contributed by atoms with Gasteiger partial charge in [-0.3, -0.25) is 4.79 Å². The highest BCUT2D eigenvalue weighted by molar-refractivity contribution is 6.17. The number of hydrogen-bond acceptors (Lipinski definition) is 1. The average molecular weight is 352 g/mol. The molecule has 1 amide bonds. The summed E-state index contributed by atoms with van der Waals surface area (Å²) in [4.78, 5) is 12.2. The Bertz CT molecular complexity index is 822. The van der Waals surface area contributed by atoms with Crippen LogP contribution in [0.25, 0.3) is 0 Å². The van der Waals surface area contributed by atoms with E-state index in [-0.39, 0.29) is 22.7 Å². The van der Waals surface area contributed by atoms with Crippen LogP contribution in [0.1, 0.15) is 32.6 Å². The van der Waals surface area contributed by atoms with E-state index in [0.717, 1.165) is 11.6 Å².